The predicted molar refractivity (Wildman–Crippen MR) is 88.7 cm³/mol. The number of hydrogen-bond donors (Lipinski definition) is 0. The third-order valence-corrected chi connectivity index (χ3v) is 4.55. The molecular formula is C18H18NOS+. The quantitative estimate of drug-likeness (QED) is 0.744. The molecule has 1 aliphatic heterocycles. The highest BCUT2D eigenvalue weighted by molar-refractivity contribution is 7.18. The lowest BCUT2D eigenvalue weighted by atomic mass is 10.1. The maximum atomic E-state index is 5.50. The maximum absolute atomic E-state index is 5.50. The van der Waals surface area contributed by atoms with Crippen molar-refractivity contribution in [1.29, 1.82) is 0 Å². The zero-order valence-corrected chi connectivity index (χ0v) is 13.3. The van der Waals surface area contributed by atoms with Crippen LogP contribution in [0.3, 0.4) is 0 Å². The Hall–Kier alpha value is -2.13. The molecule has 0 bridgehead atoms. The summed E-state index contributed by atoms with van der Waals surface area (Å²) in [6, 6.07) is 8.47. The smallest absolute Gasteiger partial charge is 0.262 e. The number of nitrogens with zero attached hydrogens (tertiary/aromatic N) is 1. The Labute approximate surface area is 129 Å². The fourth-order valence-electron chi connectivity index (χ4n) is 2.43. The number of fused-ring (bicyclic) bond motifs is 1. The predicted octanol–water partition coefficient (Wildman–Crippen LogP) is 4.50. The van der Waals surface area contributed by atoms with Crippen molar-refractivity contribution in [1.82, 2.24) is 0 Å². The molecule has 0 atom stereocenters. The van der Waals surface area contributed by atoms with Gasteiger partial charge in [0.2, 0.25) is 5.52 Å². The average molecular weight is 296 g/mol. The van der Waals surface area contributed by atoms with Crippen molar-refractivity contribution in [3.05, 3.63) is 70.7 Å². The van der Waals surface area contributed by atoms with Gasteiger partial charge in [-0.2, -0.15) is 4.57 Å². The summed E-state index contributed by atoms with van der Waals surface area (Å²) in [6.07, 6.45) is 10.4. The fourth-order valence-corrected chi connectivity index (χ4v) is 3.49. The lowest BCUT2D eigenvalue weighted by Gasteiger charge is -2.11. The van der Waals surface area contributed by atoms with Gasteiger partial charge in [0.15, 0.2) is 0 Å². The van der Waals surface area contributed by atoms with Crippen molar-refractivity contribution in [3.63, 3.8) is 0 Å². The summed E-state index contributed by atoms with van der Waals surface area (Å²) < 4.78 is 9.03. The van der Waals surface area contributed by atoms with E-state index in [0.29, 0.717) is 0 Å². The molecule has 3 rings (SSSR count). The Kier molecular flexibility index (Phi) is 3.76. The van der Waals surface area contributed by atoms with E-state index in [0.717, 1.165) is 17.1 Å². The van der Waals surface area contributed by atoms with Crippen LogP contribution in [0.5, 0.6) is 0 Å². The minimum Gasteiger partial charge on any atom is -0.467 e. The van der Waals surface area contributed by atoms with Gasteiger partial charge in [0.05, 0.1) is 0 Å². The molecule has 0 unspecified atom stereocenters. The molecule has 0 radical (unpaired) electrons. The summed E-state index contributed by atoms with van der Waals surface area (Å²) in [4.78, 5) is 0. The van der Waals surface area contributed by atoms with Crippen LogP contribution in [0.25, 0.3) is 16.3 Å². The van der Waals surface area contributed by atoms with Gasteiger partial charge in [-0.25, -0.2) is 0 Å². The number of aromatic nitrogens is 1. The van der Waals surface area contributed by atoms with Gasteiger partial charge in [0.1, 0.15) is 23.3 Å². The Morgan fingerprint density at radius 3 is 2.52 bits per heavy atom. The van der Waals surface area contributed by atoms with E-state index in [9.17, 15) is 0 Å². The molecule has 0 N–H and O–H groups in total. The standard InChI is InChI=1S/C18H18NOS/c1-13-11-15(12-14(2)20-13)7-6-10-18-19(3)16-8-4-5-9-17(16)21-18/h4-12H,1-3H3/q+1/b10-6+. The molecule has 0 fully saturated rings. The molecule has 1 aromatic heterocycles. The second-order valence-corrected chi connectivity index (χ2v) is 6.17. The van der Waals surface area contributed by atoms with E-state index in [1.54, 1.807) is 11.3 Å². The minimum atomic E-state index is 0.932. The van der Waals surface area contributed by atoms with Crippen LogP contribution in [0.2, 0.25) is 0 Å². The van der Waals surface area contributed by atoms with Crippen molar-refractivity contribution in [2.75, 3.05) is 0 Å². The first-order valence-corrected chi connectivity index (χ1v) is 7.75. The first kappa shape index (κ1) is 13.8. The van der Waals surface area contributed by atoms with E-state index in [4.69, 9.17) is 4.74 Å². The number of para-hydroxylation sites is 1. The largest absolute Gasteiger partial charge is 0.467 e. The molecule has 106 valence electrons. The fraction of sp³-hybridized carbons (Fsp3) is 0.167. The molecule has 2 aromatic rings. The molecule has 0 saturated carbocycles. The first-order chi connectivity index (χ1) is 10.1. The minimum absolute atomic E-state index is 0.932. The lowest BCUT2D eigenvalue weighted by Crippen LogP contribution is -2.28. The van der Waals surface area contributed by atoms with Crippen LogP contribution in [0.4, 0.5) is 0 Å². The first-order valence-electron chi connectivity index (χ1n) is 6.94. The summed E-state index contributed by atoms with van der Waals surface area (Å²) in [5.74, 6) is 1.86. The second kappa shape index (κ2) is 5.70. The zero-order valence-electron chi connectivity index (χ0n) is 12.5. The Bertz CT molecular complexity index is 786. The van der Waals surface area contributed by atoms with E-state index >= 15 is 0 Å². The summed E-state index contributed by atoms with van der Waals surface area (Å²) in [5.41, 5.74) is 2.43. The number of thiazole rings is 1. The SMILES string of the molecule is CC1=CC(=C/C=C/c2sc3ccccc3[n+]2C)C=C(C)O1. The summed E-state index contributed by atoms with van der Waals surface area (Å²) >= 11 is 1.80. The van der Waals surface area contributed by atoms with E-state index in [1.807, 2.05) is 26.0 Å². The van der Waals surface area contributed by atoms with Gasteiger partial charge in [0, 0.05) is 12.1 Å². The van der Waals surface area contributed by atoms with Crippen LogP contribution in [-0.4, -0.2) is 0 Å². The summed E-state index contributed by atoms with van der Waals surface area (Å²) in [6.45, 7) is 3.94. The van der Waals surface area contributed by atoms with E-state index < -0.39 is 0 Å². The number of rotatable bonds is 2. The van der Waals surface area contributed by atoms with Gasteiger partial charge in [0.25, 0.3) is 5.01 Å². The highest BCUT2D eigenvalue weighted by atomic mass is 32.1. The van der Waals surface area contributed by atoms with Crippen molar-refractivity contribution in [2.24, 2.45) is 7.05 Å². The highest BCUT2D eigenvalue weighted by Gasteiger charge is 2.12. The molecule has 0 amide bonds. The van der Waals surface area contributed by atoms with Gasteiger partial charge in [-0.05, 0) is 37.6 Å². The molecular weight excluding hydrogens is 278 g/mol. The number of ether oxygens (including phenoxy) is 1. The van der Waals surface area contributed by atoms with Crippen molar-refractivity contribution >= 4 is 27.6 Å². The van der Waals surface area contributed by atoms with Gasteiger partial charge in [-0.1, -0.05) is 35.6 Å². The van der Waals surface area contributed by atoms with Crippen LogP contribution >= 0.6 is 11.3 Å². The normalized spacial score (nSPS) is 15.1. The molecule has 0 aliphatic carbocycles. The van der Waals surface area contributed by atoms with Crippen LogP contribution in [0.1, 0.15) is 18.9 Å². The molecule has 2 heterocycles. The van der Waals surface area contributed by atoms with Crippen molar-refractivity contribution in [3.8, 4) is 0 Å². The monoisotopic (exact) mass is 296 g/mol. The summed E-state index contributed by atoms with van der Waals surface area (Å²) in [7, 11) is 2.11. The Morgan fingerprint density at radius 1 is 1.10 bits per heavy atom. The summed E-state index contributed by atoms with van der Waals surface area (Å²) in [5, 5.41) is 1.24. The number of benzene rings is 1. The number of aryl methyl sites for hydroxylation is 1. The lowest BCUT2D eigenvalue weighted by molar-refractivity contribution is -0.642. The van der Waals surface area contributed by atoms with Gasteiger partial charge in [-0.15, -0.1) is 0 Å². The van der Waals surface area contributed by atoms with Crippen molar-refractivity contribution < 1.29 is 9.30 Å². The maximum Gasteiger partial charge on any atom is 0.262 e. The van der Waals surface area contributed by atoms with Gasteiger partial charge >= 0.3 is 0 Å². The Morgan fingerprint density at radius 2 is 1.81 bits per heavy atom. The van der Waals surface area contributed by atoms with Crippen LogP contribution in [0, 0.1) is 0 Å². The number of hydrogen-bond acceptors (Lipinski definition) is 2. The zero-order chi connectivity index (χ0) is 14.8. The molecule has 0 saturated heterocycles. The second-order valence-electron chi connectivity index (χ2n) is 5.10. The Balaban J connectivity index is 1.88. The molecule has 3 heteroatoms. The van der Waals surface area contributed by atoms with E-state index in [-0.39, 0.29) is 0 Å². The molecule has 2 nitrogen and oxygen atoms in total. The van der Waals surface area contributed by atoms with E-state index in [2.05, 4.69) is 54.1 Å². The number of allylic oxidation sites excluding steroid dienone is 7. The van der Waals surface area contributed by atoms with Crippen LogP contribution in [-0.2, 0) is 11.8 Å². The topological polar surface area (TPSA) is 13.1 Å². The van der Waals surface area contributed by atoms with Gasteiger partial charge < -0.3 is 4.74 Å². The average Bonchev–Trinajstić information content (AvgIpc) is 2.75. The third-order valence-electron chi connectivity index (χ3n) is 3.36. The van der Waals surface area contributed by atoms with E-state index in [1.165, 1.54) is 15.2 Å². The van der Waals surface area contributed by atoms with Crippen LogP contribution < -0.4 is 4.57 Å². The van der Waals surface area contributed by atoms with Crippen LogP contribution in [0.15, 0.2) is 65.7 Å². The molecule has 1 aromatic carbocycles. The van der Waals surface area contributed by atoms with Crippen molar-refractivity contribution in [2.45, 2.75) is 13.8 Å². The molecule has 21 heavy (non-hydrogen) atoms. The van der Waals surface area contributed by atoms with Gasteiger partial charge in [-0.3, -0.25) is 0 Å². The molecule has 0 spiro atoms. The third kappa shape index (κ3) is 2.98. The molecule has 1 aliphatic rings. The highest BCUT2D eigenvalue weighted by Crippen LogP contribution is 2.21.